The molecule has 1 N–H and O–H groups in total. The Labute approximate surface area is 189 Å². The van der Waals surface area contributed by atoms with E-state index in [1.54, 1.807) is 0 Å². The minimum absolute atomic E-state index is 0.00782. The molecule has 3 aliphatic rings. The van der Waals surface area contributed by atoms with Gasteiger partial charge < -0.3 is 10.1 Å². The number of cyclic esters (lactones) is 1. The first-order valence-corrected chi connectivity index (χ1v) is 11.5. The molecule has 1 fully saturated rings. The monoisotopic (exact) mass is 433 g/mol. The summed E-state index contributed by atoms with van der Waals surface area (Å²) in [6.07, 6.45) is 6.47. The van der Waals surface area contributed by atoms with Crippen molar-refractivity contribution in [1.82, 2.24) is 5.32 Å². The summed E-state index contributed by atoms with van der Waals surface area (Å²) in [7, 11) is 0. The van der Waals surface area contributed by atoms with Crippen molar-refractivity contribution in [1.29, 1.82) is 0 Å². The van der Waals surface area contributed by atoms with Crippen molar-refractivity contribution in [3.63, 3.8) is 0 Å². The van der Waals surface area contributed by atoms with Crippen molar-refractivity contribution in [2.24, 2.45) is 23.7 Å². The van der Waals surface area contributed by atoms with Crippen LogP contribution in [0.2, 0.25) is 0 Å². The maximum Gasteiger partial charge on any atom is 0.331 e. The standard InChI is InChI=1S/C27H31NO4/c1-15(26-16(2)13-22(29)32-26)9-8-12-20-24-23(17(3)18(4)25(20)30)21(28-27(24)31)14-19-10-6-5-7-11-19/h5-8,10-13,15,17-18,21,23,26H,9,14H2,1-4H3,(H,28,31)/t15-,17+,18+,21-,23-,26-/m0/s1. The number of ketones is 1. The number of ether oxygens (including phenoxy) is 1. The van der Waals surface area contributed by atoms with Crippen LogP contribution in [-0.4, -0.2) is 29.8 Å². The molecule has 1 saturated heterocycles. The Kier molecular flexibility index (Phi) is 6.18. The van der Waals surface area contributed by atoms with Gasteiger partial charge in [-0.15, -0.1) is 0 Å². The molecule has 168 valence electrons. The van der Waals surface area contributed by atoms with Crippen molar-refractivity contribution in [2.75, 3.05) is 0 Å². The summed E-state index contributed by atoms with van der Waals surface area (Å²) in [5.74, 6) is -0.346. The van der Waals surface area contributed by atoms with Gasteiger partial charge in [-0.3, -0.25) is 9.59 Å². The summed E-state index contributed by atoms with van der Waals surface area (Å²) in [5, 5.41) is 3.15. The van der Waals surface area contributed by atoms with E-state index in [0.29, 0.717) is 17.6 Å². The second-order valence-electron chi connectivity index (χ2n) is 9.50. The average molecular weight is 434 g/mol. The van der Waals surface area contributed by atoms with Gasteiger partial charge in [0.15, 0.2) is 5.78 Å². The second kappa shape index (κ2) is 8.89. The van der Waals surface area contributed by atoms with Crippen molar-refractivity contribution >= 4 is 17.7 Å². The van der Waals surface area contributed by atoms with Crippen molar-refractivity contribution in [2.45, 2.75) is 52.7 Å². The van der Waals surface area contributed by atoms with Gasteiger partial charge in [0.25, 0.3) is 0 Å². The van der Waals surface area contributed by atoms with E-state index in [1.807, 2.05) is 51.1 Å². The number of esters is 1. The fraction of sp³-hybridized carbons (Fsp3) is 0.444. The molecule has 5 heteroatoms. The van der Waals surface area contributed by atoms with Crippen molar-refractivity contribution in [3.8, 4) is 0 Å². The third kappa shape index (κ3) is 4.08. The van der Waals surface area contributed by atoms with Gasteiger partial charge in [0.05, 0.1) is 0 Å². The zero-order valence-corrected chi connectivity index (χ0v) is 19.1. The summed E-state index contributed by atoms with van der Waals surface area (Å²) in [5.41, 5.74) is 3.27. The highest BCUT2D eigenvalue weighted by Gasteiger charge is 2.48. The van der Waals surface area contributed by atoms with Crippen LogP contribution in [0.1, 0.15) is 39.7 Å². The molecule has 6 atom stereocenters. The highest BCUT2D eigenvalue weighted by atomic mass is 16.5. The second-order valence-corrected chi connectivity index (χ2v) is 9.50. The van der Waals surface area contributed by atoms with Gasteiger partial charge in [-0.05, 0) is 36.8 Å². The highest BCUT2D eigenvalue weighted by Crippen LogP contribution is 2.43. The van der Waals surface area contributed by atoms with Gasteiger partial charge in [-0.25, -0.2) is 4.79 Å². The summed E-state index contributed by atoms with van der Waals surface area (Å²) in [6, 6.07) is 10.1. The lowest BCUT2D eigenvalue weighted by atomic mass is 9.68. The fourth-order valence-corrected chi connectivity index (χ4v) is 5.37. The molecule has 0 radical (unpaired) electrons. The largest absolute Gasteiger partial charge is 0.454 e. The van der Waals surface area contributed by atoms with Crippen LogP contribution in [0.5, 0.6) is 0 Å². The lowest BCUT2D eigenvalue weighted by molar-refractivity contribution is -0.140. The molecule has 1 aromatic carbocycles. The molecule has 32 heavy (non-hydrogen) atoms. The predicted octanol–water partition coefficient (Wildman–Crippen LogP) is 3.95. The van der Waals surface area contributed by atoms with E-state index < -0.39 is 0 Å². The molecule has 1 aliphatic carbocycles. The van der Waals surface area contributed by atoms with Crippen LogP contribution in [0.4, 0.5) is 0 Å². The number of amides is 1. The van der Waals surface area contributed by atoms with E-state index in [4.69, 9.17) is 4.74 Å². The number of nitrogens with one attached hydrogen (secondary N) is 1. The first-order valence-electron chi connectivity index (χ1n) is 11.5. The average Bonchev–Trinajstić information content (AvgIpc) is 3.27. The summed E-state index contributed by atoms with van der Waals surface area (Å²) >= 11 is 0. The van der Waals surface area contributed by atoms with E-state index in [0.717, 1.165) is 12.0 Å². The van der Waals surface area contributed by atoms with Crippen LogP contribution in [0.15, 0.2) is 65.3 Å². The molecular formula is C27H31NO4. The number of carbonyl (C=O) groups is 3. The quantitative estimate of drug-likeness (QED) is 0.690. The molecule has 5 nitrogen and oxygen atoms in total. The molecule has 2 aliphatic heterocycles. The van der Waals surface area contributed by atoms with Crippen LogP contribution < -0.4 is 5.32 Å². The lowest BCUT2D eigenvalue weighted by Gasteiger charge is -2.34. The minimum Gasteiger partial charge on any atom is -0.454 e. The number of benzene rings is 1. The van der Waals surface area contributed by atoms with Crippen LogP contribution in [-0.2, 0) is 25.5 Å². The Morgan fingerprint density at radius 1 is 1.12 bits per heavy atom. The van der Waals surface area contributed by atoms with Gasteiger partial charge in [0.2, 0.25) is 5.91 Å². The number of rotatable bonds is 6. The Morgan fingerprint density at radius 3 is 2.50 bits per heavy atom. The Bertz CT molecular complexity index is 1020. The third-order valence-electron chi connectivity index (χ3n) is 7.30. The molecule has 0 saturated carbocycles. The number of hydrogen-bond acceptors (Lipinski definition) is 4. The molecule has 1 aromatic rings. The number of allylic oxidation sites excluding steroid dienone is 3. The van der Waals surface area contributed by atoms with E-state index in [-0.39, 0.29) is 53.5 Å². The number of hydrogen-bond donors (Lipinski definition) is 1. The number of Topliss-reactive ketones (excluding diaryl/α,β-unsaturated/α-hetero) is 1. The molecule has 0 aromatic heterocycles. The van der Waals surface area contributed by atoms with Gasteiger partial charge in [-0.1, -0.05) is 63.3 Å². The highest BCUT2D eigenvalue weighted by molar-refractivity contribution is 6.11. The maximum atomic E-state index is 13.1. The molecule has 0 bridgehead atoms. The van der Waals surface area contributed by atoms with E-state index in [1.165, 1.54) is 11.6 Å². The Hall–Kier alpha value is -2.95. The summed E-state index contributed by atoms with van der Waals surface area (Å²) < 4.78 is 5.38. The van der Waals surface area contributed by atoms with Crippen LogP contribution in [0.25, 0.3) is 0 Å². The molecular weight excluding hydrogens is 402 g/mol. The minimum atomic E-state index is -0.298. The van der Waals surface area contributed by atoms with Gasteiger partial charge in [0, 0.05) is 41.0 Å². The smallest absolute Gasteiger partial charge is 0.331 e. The predicted molar refractivity (Wildman–Crippen MR) is 122 cm³/mol. The van der Waals surface area contributed by atoms with Gasteiger partial charge >= 0.3 is 5.97 Å². The van der Waals surface area contributed by atoms with Gasteiger partial charge in [-0.2, -0.15) is 0 Å². The molecule has 0 unspecified atom stereocenters. The first kappa shape index (κ1) is 22.3. The first-order chi connectivity index (χ1) is 15.3. The topological polar surface area (TPSA) is 72.5 Å². The normalized spacial score (nSPS) is 30.9. The third-order valence-corrected chi connectivity index (χ3v) is 7.30. The Morgan fingerprint density at radius 2 is 1.84 bits per heavy atom. The molecule has 2 heterocycles. The lowest BCUT2D eigenvalue weighted by Crippen LogP contribution is -2.39. The van der Waals surface area contributed by atoms with E-state index in [9.17, 15) is 14.4 Å². The Balaban J connectivity index is 1.57. The molecule has 1 amide bonds. The molecule has 0 spiro atoms. The van der Waals surface area contributed by atoms with Crippen molar-refractivity contribution in [3.05, 3.63) is 70.8 Å². The number of fused-ring (bicyclic) bond motifs is 1. The van der Waals surface area contributed by atoms with Gasteiger partial charge in [0.1, 0.15) is 6.10 Å². The maximum absolute atomic E-state index is 13.1. The van der Waals surface area contributed by atoms with Crippen molar-refractivity contribution < 1.29 is 19.1 Å². The SMILES string of the molecule is CC1=CC(=O)O[C@H]1[C@@H](C)CC=CC1=C2C(=O)N[C@@H](Cc3ccccc3)[C@@H]2[C@H](C)[C@@H](C)C1=O. The van der Waals surface area contributed by atoms with E-state index in [2.05, 4.69) is 24.4 Å². The fourth-order valence-electron chi connectivity index (χ4n) is 5.37. The summed E-state index contributed by atoms with van der Waals surface area (Å²) in [4.78, 5) is 37.6. The summed E-state index contributed by atoms with van der Waals surface area (Å²) in [6.45, 7) is 7.97. The zero-order chi connectivity index (χ0) is 23.0. The van der Waals surface area contributed by atoms with Crippen LogP contribution in [0.3, 0.4) is 0 Å². The number of carbonyl (C=O) groups excluding carboxylic acids is 3. The van der Waals surface area contributed by atoms with E-state index >= 15 is 0 Å². The van der Waals surface area contributed by atoms with Crippen LogP contribution in [0, 0.1) is 23.7 Å². The zero-order valence-electron chi connectivity index (χ0n) is 19.1. The molecule has 4 rings (SSSR count). The van der Waals surface area contributed by atoms with Crippen LogP contribution >= 0.6 is 0 Å².